The molecule has 2 heteroatoms. The molecule has 2 rings (SSSR count). The third kappa shape index (κ3) is 3.05. The summed E-state index contributed by atoms with van der Waals surface area (Å²) in [5, 5.41) is 0. The van der Waals surface area contributed by atoms with E-state index in [2.05, 4.69) is 37.1 Å². The van der Waals surface area contributed by atoms with Crippen LogP contribution in [0.15, 0.2) is 24.7 Å². The second-order valence-corrected chi connectivity index (χ2v) is 4.18. The van der Waals surface area contributed by atoms with E-state index in [-0.39, 0.29) is 0 Å². The van der Waals surface area contributed by atoms with Crippen molar-refractivity contribution in [2.24, 2.45) is 5.92 Å². The van der Waals surface area contributed by atoms with E-state index in [0.717, 1.165) is 5.82 Å². The molecule has 0 spiro atoms. The van der Waals surface area contributed by atoms with E-state index in [1.165, 1.54) is 25.0 Å². The first-order valence-electron chi connectivity index (χ1n) is 6.97. The van der Waals surface area contributed by atoms with Crippen LogP contribution in [-0.4, -0.2) is 29.9 Å². The van der Waals surface area contributed by atoms with Crippen molar-refractivity contribution < 1.29 is 0 Å². The molecule has 0 N–H and O–H groups in total. The van der Waals surface area contributed by atoms with Crippen molar-refractivity contribution in [2.75, 3.05) is 14.1 Å². The van der Waals surface area contributed by atoms with Crippen LogP contribution in [0.5, 0.6) is 0 Å². The molecule has 0 aromatic heterocycles. The van der Waals surface area contributed by atoms with Crippen LogP contribution in [-0.2, 0) is 0 Å². The Morgan fingerprint density at radius 3 is 2.06 bits per heavy atom. The first kappa shape index (κ1) is 16.1. The second-order valence-electron chi connectivity index (χ2n) is 4.18. The van der Waals surface area contributed by atoms with Gasteiger partial charge in [-0.3, -0.25) is 0 Å². The molecule has 1 aliphatic heterocycles. The van der Waals surface area contributed by atoms with Gasteiger partial charge in [-0.15, -0.1) is 0 Å². The lowest BCUT2D eigenvalue weighted by Crippen LogP contribution is -2.46. The van der Waals surface area contributed by atoms with Crippen molar-refractivity contribution in [1.82, 2.24) is 9.80 Å². The minimum Gasteiger partial charge on any atom is -0.358 e. The fraction of sp³-hybridized carbons (Fsp3) is 0.733. The summed E-state index contributed by atoms with van der Waals surface area (Å²) in [4.78, 5) is 4.44. The summed E-state index contributed by atoms with van der Waals surface area (Å²) in [5.74, 6) is 1.76. The van der Waals surface area contributed by atoms with Gasteiger partial charge in [0, 0.05) is 31.8 Å². The summed E-state index contributed by atoms with van der Waals surface area (Å²) in [7, 11) is 4.21. The van der Waals surface area contributed by atoms with E-state index in [1.807, 2.05) is 27.7 Å². The molecule has 100 valence electrons. The standard InChI is InChI=1S/C11H18N2.2C2H6/c1-8-10-6-5-7-11(10)13(4)9(2)12(8)3;2*1-2/h10-11H,1-2,5-7H2,3-4H3;2*1-2H3. The Morgan fingerprint density at radius 2 is 1.53 bits per heavy atom. The van der Waals surface area contributed by atoms with Crippen molar-refractivity contribution in [2.45, 2.75) is 53.0 Å². The minimum atomic E-state index is 0.663. The van der Waals surface area contributed by atoms with Crippen LogP contribution in [0, 0.1) is 5.92 Å². The molecule has 1 aliphatic carbocycles. The van der Waals surface area contributed by atoms with E-state index < -0.39 is 0 Å². The molecule has 0 radical (unpaired) electrons. The summed E-state index contributed by atoms with van der Waals surface area (Å²) >= 11 is 0. The minimum absolute atomic E-state index is 0.663. The highest BCUT2D eigenvalue weighted by atomic mass is 15.4. The first-order chi connectivity index (χ1) is 8.13. The van der Waals surface area contributed by atoms with Crippen LogP contribution in [0.3, 0.4) is 0 Å². The average Bonchev–Trinajstić information content (AvgIpc) is 2.88. The zero-order chi connectivity index (χ0) is 13.6. The zero-order valence-electron chi connectivity index (χ0n) is 12.6. The smallest absolute Gasteiger partial charge is 0.100 e. The SMILES string of the molecule is C=C1C2CCCC2N(C)C(=C)N1C.CC.CC. The quantitative estimate of drug-likeness (QED) is 0.627. The molecule has 17 heavy (non-hydrogen) atoms. The van der Waals surface area contributed by atoms with Crippen LogP contribution in [0.2, 0.25) is 0 Å². The monoisotopic (exact) mass is 238 g/mol. The summed E-state index contributed by atoms with van der Waals surface area (Å²) in [6.07, 6.45) is 3.93. The van der Waals surface area contributed by atoms with Gasteiger partial charge >= 0.3 is 0 Å². The highest BCUT2D eigenvalue weighted by Crippen LogP contribution is 2.41. The van der Waals surface area contributed by atoms with Gasteiger partial charge in [-0.05, 0) is 12.8 Å². The highest BCUT2D eigenvalue weighted by molar-refractivity contribution is 5.18. The third-order valence-corrected chi connectivity index (χ3v) is 3.63. The van der Waals surface area contributed by atoms with Crippen LogP contribution in [0.1, 0.15) is 47.0 Å². The number of rotatable bonds is 0. The Kier molecular flexibility index (Phi) is 7.01. The van der Waals surface area contributed by atoms with Gasteiger partial charge < -0.3 is 9.80 Å². The molecule has 2 unspecified atom stereocenters. The topological polar surface area (TPSA) is 6.48 Å². The summed E-state index contributed by atoms with van der Waals surface area (Å²) in [6, 6.07) is 0.663. The summed E-state index contributed by atoms with van der Waals surface area (Å²) in [5.41, 5.74) is 1.26. The van der Waals surface area contributed by atoms with Gasteiger partial charge in [0.1, 0.15) is 5.82 Å². The van der Waals surface area contributed by atoms with Crippen molar-refractivity contribution in [3.8, 4) is 0 Å². The number of nitrogens with zero attached hydrogens (tertiary/aromatic N) is 2. The molecule has 1 saturated heterocycles. The van der Waals surface area contributed by atoms with Crippen molar-refractivity contribution in [3.63, 3.8) is 0 Å². The third-order valence-electron chi connectivity index (χ3n) is 3.63. The molecule has 2 fully saturated rings. The fourth-order valence-corrected chi connectivity index (χ4v) is 2.64. The lowest BCUT2D eigenvalue weighted by molar-refractivity contribution is 0.150. The summed E-state index contributed by atoms with van der Waals surface area (Å²) in [6.45, 7) is 16.2. The van der Waals surface area contributed by atoms with Gasteiger partial charge in [0.15, 0.2) is 0 Å². The molecule has 1 saturated carbocycles. The van der Waals surface area contributed by atoms with E-state index in [9.17, 15) is 0 Å². The van der Waals surface area contributed by atoms with E-state index in [4.69, 9.17) is 0 Å². The first-order valence-corrected chi connectivity index (χ1v) is 6.97. The van der Waals surface area contributed by atoms with Crippen LogP contribution in [0.25, 0.3) is 0 Å². The molecule has 2 aliphatic rings. The Morgan fingerprint density at radius 1 is 1.00 bits per heavy atom. The van der Waals surface area contributed by atoms with Crippen LogP contribution in [0.4, 0.5) is 0 Å². The average molecular weight is 238 g/mol. The van der Waals surface area contributed by atoms with Gasteiger partial charge in [0.2, 0.25) is 0 Å². The van der Waals surface area contributed by atoms with Crippen molar-refractivity contribution in [3.05, 3.63) is 24.7 Å². The van der Waals surface area contributed by atoms with Gasteiger partial charge in [-0.25, -0.2) is 0 Å². The highest BCUT2D eigenvalue weighted by Gasteiger charge is 2.39. The van der Waals surface area contributed by atoms with Crippen molar-refractivity contribution in [1.29, 1.82) is 0 Å². The number of hydrogen-bond donors (Lipinski definition) is 0. The maximum Gasteiger partial charge on any atom is 0.100 e. The van der Waals surface area contributed by atoms with E-state index in [1.54, 1.807) is 0 Å². The van der Waals surface area contributed by atoms with Gasteiger partial charge in [-0.1, -0.05) is 47.3 Å². The Hall–Kier alpha value is -0.920. The Balaban J connectivity index is 0.000000581. The molecule has 0 aromatic rings. The van der Waals surface area contributed by atoms with E-state index >= 15 is 0 Å². The largest absolute Gasteiger partial charge is 0.358 e. The predicted octanol–water partition coefficient (Wildman–Crippen LogP) is 4.07. The second kappa shape index (κ2) is 7.41. The maximum absolute atomic E-state index is 4.16. The summed E-state index contributed by atoms with van der Waals surface area (Å²) < 4.78 is 0. The van der Waals surface area contributed by atoms with E-state index in [0.29, 0.717) is 12.0 Å². The molecule has 0 aromatic carbocycles. The number of hydrogen-bond acceptors (Lipinski definition) is 2. The van der Waals surface area contributed by atoms with Gasteiger partial charge in [0.25, 0.3) is 0 Å². The molecule has 0 bridgehead atoms. The Bertz CT molecular complexity index is 258. The van der Waals surface area contributed by atoms with Crippen molar-refractivity contribution >= 4 is 0 Å². The molecular weight excluding hydrogens is 208 g/mol. The molecule has 0 amide bonds. The predicted molar refractivity (Wildman–Crippen MR) is 77.6 cm³/mol. The van der Waals surface area contributed by atoms with Gasteiger partial charge in [0.05, 0.1) is 0 Å². The lowest BCUT2D eigenvalue weighted by atomic mass is 9.95. The molecule has 2 atom stereocenters. The van der Waals surface area contributed by atoms with Crippen LogP contribution >= 0.6 is 0 Å². The maximum atomic E-state index is 4.16. The normalized spacial score (nSPS) is 26.7. The molecule has 1 heterocycles. The molecular formula is C15H30N2. The zero-order valence-corrected chi connectivity index (χ0v) is 12.6. The number of fused-ring (bicyclic) bond motifs is 1. The fourth-order valence-electron chi connectivity index (χ4n) is 2.64. The van der Waals surface area contributed by atoms with Gasteiger partial charge in [-0.2, -0.15) is 0 Å². The Labute approximate surface area is 108 Å². The lowest BCUT2D eigenvalue weighted by Gasteiger charge is -2.45. The van der Waals surface area contributed by atoms with Crippen LogP contribution < -0.4 is 0 Å². The molecule has 2 nitrogen and oxygen atoms in total.